The molecule has 5 rings (SSSR count). The van der Waals surface area contributed by atoms with Crippen molar-refractivity contribution in [3.05, 3.63) is 65.4 Å². The molecule has 0 bridgehead atoms. The van der Waals surface area contributed by atoms with E-state index in [9.17, 15) is 4.79 Å². The summed E-state index contributed by atoms with van der Waals surface area (Å²) in [6, 6.07) is 6.80. The van der Waals surface area contributed by atoms with Crippen LogP contribution in [0.25, 0.3) is 11.3 Å². The highest BCUT2D eigenvalue weighted by Crippen LogP contribution is 2.43. The molecule has 2 amide bonds. The first-order valence-corrected chi connectivity index (χ1v) is 14.3. The Morgan fingerprint density at radius 3 is 2.56 bits per heavy atom. The molecule has 8 nitrogen and oxygen atoms in total. The number of ether oxygens (including phenoxy) is 1. The third kappa shape index (κ3) is 6.41. The Morgan fingerprint density at radius 1 is 1.15 bits per heavy atom. The molecule has 0 saturated carbocycles. The van der Waals surface area contributed by atoms with E-state index in [2.05, 4.69) is 33.7 Å². The highest BCUT2D eigenvalue weighted by atomic mass is 19.1. The second-order valence-corrected chi connectivity index (χ2v) is 11.8. The molecule has 1 aromatic carbocycles. The van der Waals surface area contributed by atoms with Crippen LogP contribution >= 0.6 is 0 Å². The second-order valence-electron chi connectivity index (χ2n) is 11.8. The summed E-state index contributed by atoms with van der Waals surface area (Å²) in [4.78, 5) is 28.4. The molecule has 41 heavy (non-hydrogen) atoms. The van der Waals surface area contributed by atoms with Gasteiger partial charge in [0.2, 0.25) is 0 Å². The Labute approximate surface area is 239 Å². The fourth-order valence-corrected chi connectivity index (χ4v) is 5.67. The molecule has 2 aromatic heterocycles. The van der Waals surface area contributed by atoms with Gasteiger partial charge in [0.1, 0.15) is 17.1 Å². The number of primary amides is 1. The van der Waals surface area contributed by atoms with Crippen LogP contribution in [-0.2, 0) is 12.8 Å². The van der Waals surface area contributed by atoms with E-state index in [0.29, 0.717) is 49.0 Å². The zero-order valence-electron chi connectivity index (χ0n) is 24.2. The highest BCUT2D eigenvalue weighted by molar-refractivity contribution is 5.73. The summed E-state index contributed by atoms with van der Waals surface area (Å²) in [6.07, 6.45) is 6.88. The van der Waals surface area contributed by atoms with E-state index in [1.165, 1.54) is 6.07 Å². The minimum atomic E-state index is -0.620. The van der Waals surface area contributed by atoms with Crippen LogP contribution in [0.3, 0.4) is 0 Å². The van der Waals surface area contributed by atoms with E-state index >= 15 is 8.78 Å². The molecule has 0 radical (unpaired) electrons. The maximum absolute atomic E-state index is 15.4. The first-order valence-electron chi connectivity index (χ1n) is 14.3. The van der Waals surface area contributed by atoms with Gasteiger partial charge in [-0.25, -0.2) is 23.5 Å². The van der Waals surface area contributed by atoms with Gasteiger partial charge in [0.05, 0.1) is 24.8 Å². The number of likely N-dealkylation sites (tertiary alicyclic amines) is 1. The van der Waals surface area contributed by atoms with Gasteiger partial charge in [0.25, 0.3) is 0 Å². The normalized spacial score (nSPS) is 17.6. The molecule has 0 aliphatic carbocycles. The molecular formula is C31H38F2N6O2. The van der Waals surface area contributed by atoms with Crippen molar-refractivity contribution in [2.24, 2.45) is 11.7 Å². The topological polar surface area (TPSA) is 97.5 Å². The number of hydrogen-bond donors (Lipinski definition) is 1. The quantitative estimate of drug-likeness (QED) is 0.406. The summed E-state index contributed by atoms with van der Waals surface area (Å²) in [5, 5.41) is 0. The van der Waals surface area contributed by atoms with Gasteiger partial charge in [0.15, 0.2) is 17.4 Å². The van der Waals surface area contributed by atoms with Crippen LogP contribution in [0.5, 0.6) is 5.75 Å². The SMILES string of the molecule is CCC(C)N1CC(C)(C)Oc2c(F)cc(-c3nc(Cc4ccc(CC5CCN(C(N)=O)CC5)cn4)ncc3F)cc21. The summed E-state index contributed by atoms with van der Waals surface area (Å²) in [7, 11) is 0. The van der Waals surface area contributed by atoms with Crippen molar-refractivity contribution in [3.63, 3.8) is 0 Å². The van der Waals surface area contributed by atoms with E-state index < -0.39 is 17.2 Å². The smallest absolute Gasteiger partial charge is 0.314 e. The molecule has 10 heteroatoms. The molecule has 1 atom stereocenters. The van der Waals surface area contributed by atoms with Gasteiger partial charge in [-0.15, -0.1) is 0 Å². The van der Waals surface area contributed by atoms with Gasteiger partial charge in [-0.05, 0) is 76.1 Å². The van der Waals surface area contributed by atoms with Gasteiger partial charge in [0, 0.05) is 36.6 Å². The van der Waals surface area contributed by atoms with E-state index in [-0.39, 0.29) is 23.5 Å². The van der Waals surface area contributed by atoms with E-state index in [1.807, 2.05) is 32.2 Å². The highest BCUT2D eigenvalue weighted by Gasteiger charge is 2.36. The van der Waals surface area contributed by atoms with Gasteiger partial charge in [-0.3, -0.25) is 4.98 Å². The summed E-state index contributed by atoms with van der Waals surface area (Å²) < 4.78 is 36.4. The lowest BCUT2D eigenvalue weighted by molar-refractivity contribution is 0.0960. The van der Waals surface area contributed by atoms with Crippen LogP contribution in [0.15, 0.2) is 36.7 Å². The number of nitrogens with zero attached hydrogens (tertiary/aromatic N) is 5. The van der Waals surface area contributed by atoms with Gasteiger partial charge in [-0.1, -0.05) is 13.0 Å². The van der Waals surface area contributed by atoms with Crippen LogP contribution in [0.2, 0.25) is 0 Å². The fraction of sp³-hybridized carbons (Fsp3) is 0.484. The third-order valence-electron chi connectivity index (χ3n) is 8.13. The van der Waals surface area contributed by atoms with Crippen molar-refractivity contribution in [1.82, 2.24) is 19.9 Å². The number of carbonyl (C=O) groups excluding carboxylic acids is 1. The predicted molar refractivity (Wildman–Crippen MR) is 154 cm³/mol. The molecule has 4 heterocycles. The number of nitrogens with two attached hydrogens (primary N) is 1. The van der Waals surface area contributed by atoms with Crippen molar-refractivity contribution in [3.8, 4) is 17.0 Å². The van der Waals surface area contributed by atoms with Crippen LogP contribution < -0.4 is 15.4 Å². The molecule has 2 aliphatic heterocycles. The number of hydrogen-bond acceptors (Lipinski definition) is 6. The van der Waals surface area contributed by atoms with Gasteiger partial charge < -0.3 is 20.3 Å². The first kappa shape index (κ1) is 28.7. The lowest BCUT2D eigenvalue weighted by Gasteiger charge is -2.44. The van der Waals surface area contributed by atoms with E-state index in [1.54, 1.807) is 11.0 Å². The number of piperidine rings is 1. The van der Waals surface area contributed by atoms with Crippen LogP contribution in [0, 0.1) is 17.6 Å². The number of benzene rings is 1. The molecule has 3 aromatic rings. The van der Waals surface area contributed by atoms with Crippen LogP contribution in [0.1, 0.15) is 64.0 Å². The molecule has 1 fully saturated rings. The third-order valence-corrected chi connectivity index (χ3v) is 8.13. The first-order chi connectivity index (χ1) is 19.5. The number of pyridine rings is 1. The zero-order valence-corrected chi connectivity index (χ0v) is 24.2. The monoisotopic (exact) mass is 564 g/mol. The Morgan fingerprint density at radius 2 is 1.90 bits per heavy atom. The summed E-state index contributed by atoms with van der Waals surface area (Å²) in [5.41, 5.74) is 7.68. The Bertz CT molecular complexity index is 1410. The Kier molecular flexibility index (Phi) is 8.11. The maximum atomic E-state index is 15.4. The molecular weight excluding hydrogens is 526 g/mol. The van der Waals surface area contributed by atoms with Crippen molar-refractivity contribution in [1.29, 1.82) is 0 Å². The number of carbonyl (C=O) groups is 1. The van der Waals surface area contributed by atoms with Crippen LogP contribution in [-0.4, -0.2) is 57.2 Å². The molecule has 218 valence electrons. The van der Waals surface area contributed by atoms with Crippen LogP contribution in [0.4, 0.5) is 19.3 Å². The Hall–Kier alpha value is -3.82. The second kappa shape index (κ2) is 11.6. The average molecular weight is 565 g/mol. The van der Waals surface area contributed by atoms with Gasteiger partial charge in [-0.2, -0.15) is 0 Å². The van der Waals surface area contributed by atoms with E-state index in [4.69, 9.17) is 10.5 Å². The largest absolute Gasteiger partial charge is 0.481 e. The molecule has 2 N–H and O–H groups in total. The Balaban J connectivity index is 1.33. The van der Waals surface area contributed by atoms with Crippen molar-refractivity contribution in [2.45, 2.75) is 71.4 Å². The van der Waals surface area contributed by atoms with Crippen molar-refractivity contribution >= 4 is 11.7 Å². The summed E-state index contributed by atoms with van der Waals surface area (Å²) >= 11 is 0. The van der Waals surface area contributed by atoms with Crippen molar-refractivity contribution < 1.29 is 18.3 Å². The standard InChI is InChI=1S/C31H38F2N6O2/c1-5-19(2)39-18-31(3,4)41-29-24(32)13-22(14-26(29)39)28-25(33)17-36-27(37-28)15-23-7-6-21(16-35-23)12-20-8-10-38(11-9-20)30(34)40/h6-7,13-14,16-17,19-20H,5,8-12,15,18H2,1-4H3,(H2,34,40). The zero-order chi connectivity index (χ0) is 29.3. The number of anilines is 1. The minimum Gasteiger partial charge on any atom is -0.481 e. The van der Waals surface area contributed by atoms with Crippen molar-refractivity contribution in [2.75, 3.05) is 24.5 Å². The molecule has 2 aliphatic rings. The average Bonchev–Trinajstić information content (AvgIpc) is 2.94. The predicted octanol–water partition coefficient (Wildman–Crippen LogP) is 5.52. The van der Waals surface area contributed by atoms with Gasteiger partial charge >= 0.3 is 6.03 Å². The number of fused-ring (bicyclic) bond motifs is 1. The lowest BCUT2D eigenvalue weighted by atomic mass is 9.91. The summed E-state index contributed by atoms with van der Waals surface area (Å²) in [6.45, 7) is 10.00. The molecule has 1 saturated heterocycles. The number of amides is 2. The lowest BCUT2D eigenvalue weighted by Crippen LogP contribution is -2.50. The number of rotatable bonds is 7. The number of halogens is 2. The minimum absolute atomic E-state index is 0.0459. The number of urea groups is 1. The molecule has 1 unspecified atom stereocenters. The maximum Gasteiger partial charge on any atom is 0.314 e. The fourth-order valence-electron chi connectivity index (χ4n) is 5.67. The number of aromatic nitrogens is 3. The molecule has 0 spiro atoms. The van der Waals surface area contributed by atoms with E-state index in [0.717, 1.165) is 43.1 Å². The summed E-state index contributed by atoms with van der Waals surface area (Å²) in [5.74, 6) is -0.106.